The Morgan fingerprint density at radius 1 is 1.29 bits per heavy atom. The molecule has 2 N–H and O–H groups in total. The fourth-order valence-electron chi connectivity index (χ4n) is 3.69. The molecule has 0 radical (unpaired) electrons. The number of carbonyl (C=O) groups is 1. The van der Waals surface area contributed by atoms with Crippen molar-refractivity contribution >= 4 is 5.91 Å². The topological polar surface area (TPSA) is 70.4 Å². The summed E-state index contributed by atoms with van der Waals surface area (Å²) in [6.45, 7) is 9.23. The Bertz CT molecular complexity index is 784. The first kappa shape index (κ1) is 20.6. The van der Waals surface area contributed by atoms with E-state index in [1.807, 2.05) is 24.0 Å². The van der Waals surface area contributed by atoms with Crippen molar-refractivity contribution in [2.75, 3.05) is 19.6 Å². The number of amides is 1. The highest BCUT2D eigenvalue weighted by molar-refractivity contribution is 5.86. The van der Waals surface area contributed by atoms with Crippen LogP contribution < -0.4 is 5.32 Å². The highest BCUT2D eigenvalue weighted by atomic mass is 16.3. The molecule has 1 aromatic heterocycles. The monoisotopic (exact) mass is 384 g/mol. The molecular weight excluding hydrogens is 352 g/mol. The maximum atomic E-state index is 12.9. The van der Waals surface area contributed by atoms with E-state index in [-0.39, 0.29) is 12.5 Å². The Labute approximate surface area is 167 Å². The molecule has 0 bridgehead atoms. The first-order valence-corrected chi connectivity index (χ1v) is 10.2. The van der Waals surface area contributed by atoms with Gasteiger partial charge >= 0.3 is 0 Å². The van der Waals surface area contributed by atoms with Crippen LogP contribution in [0.2, 0.25) is 0 Å². The second-order valence-corrected chi connectivity index (χ2v) is 8.22. The number of nitrogens with one attached hydrogen (secondary N) is 1. The zero-order valence-corrected chi connectivity index (χ0v) is 17.2. The van der Waals surface area contributed by atoms with Crippen LogP contribution >= 0.6 is 0 Å². The number of nitrogens with zero attached hydrogens (tertiary/aromatic N) is 3. The predicted octanol–water partition coefficient (Wildman–Crippen LogP) is 2.46. The fourth-order valence-corrected chi connectivity index (χ4v) is 3.69. The lowest BCUT2D eigenvalue weighted by molar-refractivity contribution is -0.157. The molecule has 1 atom stereocenters. The normalized spacial score (nSPS) is 20.2. The smallest absolute Gasteiger partial charge is 0.256 e. The van der Waals surface area contributed by atoms with Crippen LogP contribution in [0.1, 0.15) is 49.3 Å². The molecule has 2 aromatic rings. The first-order chi connectivity index (χ1) is 13.4. The lowest BCUT2D eigenvalue weighted by Gasteiger charge is -2.38. The third kappa shape index (κ3) is 5.00. The highest BCUT2D eigenvalue weighted by Gasteiger charge is 2.41. The van der Waals surface area contributed by atoms with E-state index in [0.29, 0.717) is 38.5 Å². The molecule has 6 nitrogen and oxygen atoms in total. The number of aliphatic hydroxyl groups is 1. The molecule has 0 unspecified atom stereocenters. The second kappa shape index (κ2) is 8.88. The van der Waals surface area contributed by atoms with Crippen LogP contribution in [0.5, 0.6) is 0 Å². The molecule has 1 amide bonds. The molecule has 3 rings (SSSR count). The number of benzene rings is 1. The SMILES string of the molecule is Cc1cnn(CCNC[C@@]2(O)CCCN(Cc3ccc(C(C)C)cc3)C2=O)c1. The molecule has 28 heavy (non-hydrogen) atoms. The molecule has 6 heteroatoms. The summed E-state index contributed by atoms with van der Waals surface area (Å²) < 4.78 is 1.86. The van der Waals surface area contributed by atoms with Gasteiger partial charge in [0, 0.05) is 32.4 Å². The van der Waals surface area contributed by atoms with Crippen LogP contribution in [0.4, 0.5) is 0 Å². The van der Waals surface area contributed by atoms with Gasteiger partial charge in [0.05, 0.1) is 12.7 Å². The average Bonchev–Trinajstić information content (AvgIpc) is 3.08. The van der Waals surface area contributed by atoms with Crippen molar-refractivity contribution in [1.82, 2.24) is 20.0 Å². The summed E-state index contributed by atoms with van der Waals surface area (Å²) in [6, 6.07) is 8.42. The number of hydrogen-bond acceptors (Lipinski definition) is 4. The Kier molecular flexibility index (Phi) is 6.52. The first-order valence-electron chi connectivity index (χ1n) is 10.2. The molecule has 0 spiro atoms. The maximum absolute atomic E-state index is 12.9. The van der Waals surface area contributed by atoms with Gasteiger partial charge in [0.2, 0.25) is 0 Å². The van der Waals surface area contributed by atoms with Crippen LogP contribution in [0.25, 0.3) is 0 Å². The number of carbonyl (C=O) groups excluding carboxylic acids is 1. The van der Waals surface area contributed by atoms with Crippen LogP contribution in [-0.2, 0) is 17.9 Å². The molecule has 152 valence electrons. The quantitative estimate of drug-likeness (QED) is 0.686. The molecule has 1 fully saturated rings. The van der Waals surface area contributed by atoms with Gasteiger partial charge in [-0.05, 0) is 42.4 Å². The van der Waals surface area contributed by atoms with Gasteiger partial charge in [0.25, 0.3) is 5.91 Å². The van der Waals surface area contributed by atoms with Crippen LogP contribution in [0.3, 0.4) is 0 Å². The van der Waals surface area contributed by atoms with Gasteiger partial charge < -0.3 is 15.3 Å². The number of aryl methyl sites for hydroxylation is 1. The zero-order chi connectivity index (χ0) is 20.1. The van der Waals surface area contributed by atoms with E-state index in [2.05, 4.69) is 48.5 Å². The van der Waals surface area contributed by atoms with Crippen LogP contribution in [-0.4, -0.2) is 50.9 Å². The van der Waals surface area contributed by atoms with E-state index in [1.165, 1.54) is 5.56 Å². The number of hydrogen-bond donors (Lipinski definition) is 2. The van der Waals surface area contributed by atoms with E-state index in [1.54, 1.807) is 4.90 Å². The van der Waals surface area contributed by atoms with Gasteiger partial charge in [0.15, 0.2) is 5.60 Å². The predicted molar refractivity (Wildman–Crippen MR) is 110 cm³/mol. The summed E-state index contributed by atoms with van der Waals surface area (Å²) in [7, 11) is 0. The minimum atomic E-state index is -1.32. The number of likely N-dealkylation sites (tertiary alicyclic amines) is 1. The van der Waals surface area contributed by atoms with E-state index >= 15 is 0 Å². The van der Waals surface area contributed by atoms with Gasteiger partial charge in [-0.3, -0.25) is 9.48 Å². The Balaban J connectivity index is 1.53. The Morgan fingerprint density at radius 3 is 2.68 bits per heavy atom. The Hall–Kier alpha value is -2.18. The molecule has 1 saturated heterocycles. The number of rotatable bonds is 8. The van der Waals surface area contributed by atoms with Crippen molar-refractivity contribution in [2.45, 2.75) is 58.2 Å². The van der Waals surface area contributed by atoms with Crippen molar-refractivity contribution < 1.29 is 9.90 Å². The van der Waals surface area contributed by atoms with Crippen molar-refractivity contribution in [3.05, 3.63) is 53.3 Å². The maximum Gasteiger partial charge on any atom is 0.256 e. The van der Waals surface area contributed by atoms with Crippen molar-refractivity contribution in [3.63, 3.8) is 0 Å². The summed E-state index contributed by atoms with van der Waals surface area (Å²) in [6.07, 6.45) is 5.12. The molecule has 1 aliphatic heterocycles. The molecule has 1 aromatic carbocycles. The standard InChI is InChI=1S/C22H32N4O2/c1-17(2)20-7-5-19(6-8-20)15-25-11-4-9-22(28,21(25)27)16-23-10-12-26-14-18(3)13-24-26/h5-8,13-14,17,23,28H,4,9-12,15-16H2,1-3H3/t22-/m0/s1. The van der Waals surface area contributed by atoms with Gasteiger partial charge in [0.1, 0.15) is 0 Å². The van der Waals surface area contributed by atoms with Crippen molar-refractivity contribution in [3.8, 4) is 0 Å². The van der Waals surface area contributed by atoms with Crippen molar-refractivity contribution in [1.29, 1.82) is 0 Å². The lowest BCUT2D eigenvalue weighted by atomic mass is 9.91. The highest BCUT2D eigenvalue weighted by Crippen LogP contribution is 2.24. The number of piperidine rings is 1. The third-order valence-corrected chi connectivity index (χ3v) is 5.42. The van der Waals surface area contributed by atoms with Crippen LogP contribution in [0, 0.1) is 6.92 Å². The minimum Gasteiger partial charge on any atom is -0.379 e. The lowest BCUT2D eigenvalue weighted by Crippen LogP contribution is -2.57. The molecule has 2 heterocycles. The molecule has 0 saturated carbocycles. The fraction of sp³-hybridized carbons (Fsp3) is 0.545. The van der Waals surface area contributed by atoms with E-state index in [9.17, 15) is 9.90 Å². The van der Waals surface area contributed by atoms with Gasteiger partial charge in [-0.2, -0.15) is 5.10 Å². The largest absolute Gasteiger partial charge is 0.379 e. The molecule has 0 aliphatic carbocycles. The average molecular weight is 385 g/mol. The summed E-state index contributed by atoms with van der Waals surface area (Å²) in [5.41, 5.74) is 2.19. The second-order valence-electron chi connectivity index (χ2n) is 8.22. The van der Waals surface area contributed by atoms with E-state index in [4.69, 9.17) is 0 Å². The van der Waals surface area contributed by atoms with Gasteiger partial charge in [-0.15, -0.1) is 0 Å². The summed E-state index contributed by atoms with van der Waals surface area (Å²) in [5.74, 6) is 0.321. The van der Waals surface area contributed by atoms with E-state index < -0.39 is 5.60 Å². The van der Waals surface area contributed by atoms with Gasteiger partial charge in [-0.1, -0.05) is 38.1 Å². The summed E-state index contributed by atoms with van der Waals surface area (Å²) in [4.78, 5) is 14.7. The Morgan fingerprint density at radius 2 is 2.04 bits per heavy atom. The van der Waals surface area contributed by atoms with E-state index in [0.717, 1.165) is 17.5 Å². The molecule has 1 aliphatic rings. The van der Waals surface area contributed by atoms with Crippen molar-refractivity contribution in [2.24, 2.45) is 0 Å². The zero-order valence-electron chi connectivity index (χ0n) is 17.2. The van der Waals surface area contributed by atoms with Gasteiger partial charge in [-0.25, -0.2) is 0 Å². The number of aromatic nitrogens is 2. The van der Waals surface area contributed by atoms with Crippen LogP contribution in [0.15, 0.2) is 36.7 Å². The summed E-state index contributed by atoms with van der Waals surface area (Å²) >= 11 is 0. The minimum absolute atomic E-state index is 0.172. The summed E-state index contributed by atoms with van der Waals surface area (Å²) in [5, 5.41) is 18.4. The molecular formula is C22H32N4O2. The third-order valence-electron chi connectivity index (χ3n) is 5.42.